The van der Waals surface area contributed by atoms with E-state index in [0.717, 1.165) is 0 Å². The van der Waals surface area contributed by atoms with E-state index in [1.54, 1.807) is 18.4 Å². The van der Waals surface area contributed by atoms with Crippen molar-refractivity contribution in [1.29, 1.82) is 0 Å². The molecule has 0 radical (unpaired) electrons. The summed E-state index contributed by atoms with van der Waals surface area (Å²) in [6, 6.07) is 1.41. The number of sulfone groups is 1. The number of rotatable bonds is 5. The molecule has 1 N–H and O–H groups in total. The maximum absolute atomic E-state index is 12.1. The van der Waals surface area contributed by atoms with Crippen molar-refractivity contribution in [3.05, 3.63) is 50.1 Å². The fourth-order valence-corrected chi connectivity index (χ4v) is 6.05. The Balaban J connectivity index is 1.44. The van der Waals surface area contributed by atoms with Crippen LogP contribution in [0.3, 0.4) is 0 Å². The predicted octanol–water partition coefficient (Wildman–Crippen LogP) is 2.26. The second-order valence-corrected chi connectivity index (χ2v) is 10.4. The van der Waals surface area contributed by atoms with Crippen molar-refractivity contribution in [2.75, 3.05) is 11.5 Å². The largest absolute Gasteiger partial charge is 0.454 e. The first-order valence-corrected chi connectivity index (χ1v) is 12.1. The third-order valence-electron chi connectivity index (χ3n) is 4.73. The van der Waals surface area contributed by atoms with E-state index >= 15 is 0 Å². The normalized spacial score (nSPS) is 18.4. The van der Waals surface area contributed by atoms with Crippen LogP contribution in [0.15, 0.2) is 22.3 Å². The van der Waals surface area contributed by atoms with Gasteiger partial charge in [-0.05, 0) is 30.9 Å². The number of fused-ring (bicyclic) bond motifs is 1. The zero-order chi connectivity index (χ0) is 21.5. The Morgan fingerprint density at radius 2 is 2.30 bits per heavy atom. The van der Waals surface area contributed by atoms with E-state index in [0.29, 0.717) is 27.9 Å². The van der Waals surface area contributed by atoms with E-state index in [1.807, 2.05) is 0 Å². The molecule has 1 fully saturated rings. The van der Waals surface area contributed by atoms with Crippen molar-refractivity contribution in [2.24, 2.45) is 0 Å². The van der Waals surface area contributed by atoms with E-state index < -0.39 is 15.8 Å². The van der Waals surface area contributed by atoms with Crippen molar-refractivity contribution in [1.82, 2.24) is 19.7 Å². The smallest absolute Gasteiger partial charge is 0.331 e. The summed E-state index contributed by atoms with van der Waals surface area (Å²) >= 11 is 7.66. The molecule has 3 aromatic heterocycles. The first-order valence-electron chi connectivity index (χ1n) is 9.00. The highest BCUT2D eigenvalue weighted by Crippen LogP contribution is 2.30. The average Bonchev–Trinajstić information content (AvgIpc) is 3.37. The van der Waals surface area contributed by atoms with Gasteiger partial charge in [-0.15, -0.1) is 11.3 Å². The van der Waals surface area contributed by atoms with E-state index in [2.05, 4.69) is 15.1 Å². The minimum atomic E-state index is -3.08. The molecule has 0 aliphatic carbocycles. The third kappa shape index (κ3) is 4.18. The molecule has 30 heavy (non-hydrogen) atoms. The molecule has 0 bridgehead atoms. The number of carbonyl (C=O) groups excluding carboxylic acids is 1. The fourth-order valence-electron chi connectivity index (χ4n) is 3.26. The highest BCUT2D eigenvalue weighted by molar-refractivity contribution is 7.91. The molecule has 0 aromatic carbocycles. The number of esters is 1. The summed E-state index contributed by atoms with van der Waals surface area (Å²) in [5.41, 5.74) is 1.36. The molecular formula is C18H17ClN4O5S2. The van der Waals surface area contributed by atoms with Crippen LogP contribution in [0, 0.1) is 6.92 Å². The number of nitrogens with zero attached hydrogens (tertiary/aromatic N) is 3. The van der Waals surface area contributed by atoms with Gasteiger partial charge < -0.3 is 9.72 Å². The quantitative estimate of drug-likeness (QED) is 0.449. The van der Waals surface area contributed by atoms with Crippen LogP contribution in [0.2, 0.25) is 5.15 Å². The van der Waals surface area contributed by atoms with Crippen LogP contribution in [0.4, 0.5) is 0 Å². The van der Waals surface area contributed by atoms with Crippen molar-refractivity contribution in [3.63, 3.8) is 0 Å². The number of hydrogen-bond donors (Lipinski definition) is 1. The van der Waals surface area contributed by atoms with Gasteiger partial charge in [0.25, 0.3) is 5.56 Å². The number of halogens is 1. The van der Waals surface area contributed by atoms with Gasteiger partial charge in [-0.2, -0.15) is 5.10 Å². The Bertz CT molecular complexity index is 1320. The zero-order valence-corrected chi connectivity index (χ0v) is 18.2. The lowest BCUT2D eigenvalue weighted by Crippen LogP contribution is -2.12. The number of H-pyrrole nitrogens is 1. The molecule has 9 nitrogen and oxygen atoms in total. The molecule has 1 unspecified atom stereocenters. The van der Waals surface area contributed by atoms with Gasteiger partial charge in [0, 0.05) is 11.6 Å². The molecule has 0 spiro atoms. The van der Waals surface area contributed by atoms with E-state index in [4.69, 9.17) is 16.3 Å². The van der Waals surface area contributed by atoms with Gasteiger partial charge in [0.15, 0.2) is 9.84 Å². The first-order chi connectivity index (χ1) is 14.2. The lowest BCUT2D eigenvalue weighted by molar-refractivity contribution is -0.139. The maximum atomic E-state index is 12.1. The highest BCUT2D eigenvalue weighted by atomic mass is 35.5. The molecule has 12 heteroatoms. The summed E-state index contributed by atoms with van der Waals surface area (Å²) in [4.78, 5) is 30.9. The van der Waals surface area contributed by atoms with Crippen molar-refractivity contribution in [3.8, 4) is 0 Å². The average molecular weight is 469 g/mol. The molecule has 1 saturated heterocycles. The van der Waals surface area contributed by atoms with E-state index in [1.165, 1.54) is 28.2 Å². The van der Waals surface area contributed by atoms with Crippen LogP contribution in [0.5, 0.6) is 0 Å². The Morgan fingerprint density at radius 3 is 3.03 bits per heavy atom. The van der Waals surface area contributed by atoms with Gasteiger partial charge in [-0.25, -0.2) is 22.9 Å². The molecule has 3 aromatic rings. The van der Waals surface area contributed by atoms with Crippen LogP contribution < -0.4 is 5.56 Å². The standard InChI is InChI=1S/C18H17ClN4O5S2/c1-10-12(17(19)23(22-10)11-5-7-30(26,27)9-11)2-3-15(24)28-8-14-20-13-4-6-29-16(13)18(25)21-14/h2-4,6,11H,5,7-9H2,1H3,(H,20,21,25)/b3-2+. The van der Waals surface area contributed by atoms with Crippen molar-refractivity contribution in [2.45, 2.75) is 26.0 Å². The second kappa shape index (κ2) is 7.97. The van der Waals surface area contributed by atoms with Crippen LogP contribution in [-0.4, -0.2) is 45.6 Å². The molecular weight excluding hydrogens is 452 g/mol. The number of nitrogens with one attached hydrogen (secondary N) is 1. The minimum absolute atomic E-state index is 0.00128. The van der Waals surface area contributed by atoms with E-state index in [9.17, 15) is 18.0 Å². The maximum Gasteiger partial charge on any atom is 0.331 e. The Labute approximate surface area is 180 Å². The van der Waals surface area contributed by atoms with Gasteiger partial charge in [-0.1, -0.05) is 11.6 Å². The molecule has 4 heterocycles. The second-order valence-electron chi connectivity index (χ2n) is 6.88. The molecule has 0 saturated carbocycles. The Morgan fingerprint density at radius 1 is 1.50 bits per heavy atom. The molecule has 4 rings (SSSR count). The van der Waals surface area contributed by atoms with Crippen LogP contribution in [-0.2, 0) is 26.0 Å². The summed E-state index contributed by atoms with van der Waals surface area (Å²) in [5, 5.41) is 6.36. The summed E-state index contributed by atoms with van der Waals surface area (Å²) in [7, 11) is -3.08. The lowest BCUT2D eigenvalue weighted by atomic mass is 10.2. The van der Waals surface area contributed by atoms with Gasteiger partial charge in [0.2, 0.25) is 0 Å². The molecule has 0 amide bonds. The Kier molecular flexibility index (Phi) is 5.51. The van der Waals surface area contributed by atoms with Crippen molar-refractivity contribution >= 4 is 55.0 Å². The minimum Gasteiger partial charge on any atom is -0.454 e. The summed E-state index contributed by atoms with van der Waals surface area (Å²) < 4.78 is 30.6. The van der Waals surface area contributed by atoms with E-state index in [-0.39, 0.29) is 40.7 Å². The monoisotopic (exact) mass is 468 g/mol. The molecule has 1 aliphatic heterocycles. The Hall–Kier alpha value is -2.50. The highest BCUT2D eigenvalue weighted by Gasteiger charge is 2.31. The number of hydrogen-bond acceptors (Lipinski definition) is 8. The SMILES string of the molecule is Cc1nn(C2CCS(=O)(=O)C2)c(Cl)c1/C=C/C(=O)OCc1nc2ccsc2c(=O)[nH]1. The number of aromatic nitrogens is 4. The number of aryl methyl sites for hydroxylation is 1. The van der Waals surface area contributed by atoms with Gasteiger partial charge in [0.05, 0.1) is 28.8 Å². The summed E-state index contributed by atoms with van der Waals surface area (Å²) in [6.07, 6.45) is 3.13. The van der Waals surface area contributed by atoms with Crippen molar-refractivity contribution < 1.29 is 17.9 Å². The third-order valence-corrected chi connectivity index (χ3v) is 7.76. The summed E-state index contributed by atoms with van der Waals surface area (Å²) in [6.45, 7) is 1.54. The fraction of sp³-hybridized carbons (Fsp3) is 0.333. The topological polar surface area (TPSA) is 124 Å². The van der Waals surface area contributed by atoms with Crippen LogP contribution >= 0.6 is 22.9 Å². The number of ether oxygens (including phenoxy) is 1. The van der Waals surface area contributed by atoms with Gasteiger partial charge >= 0.3 is 5.97 Å². The molecule has 158 valence electrons. The summed E-state index contributed by atoms with van der Waals surface area (Å²) in [5.74, 6) is -0.289. The molecule has 1 atom stereocenters. The lowest BCUT2D eigenvalue weighted by Gasteiger charge is -2.09. The number of thiophene rings is 1. The zero-order valence-electron chi connectivity index (χ0n) is 15.8. The molecule has 1 aliphatic rings. The number of carbonyl (C=O) groups is 1. The van der Waals surface area contributed by atoms with Gasteiger partial charge in [0.1, 0.15) is 22.3 Å². The van der Waals surface area contributed by atoms with Crippen LogP contribution in [0.25, 0.3) is 16.3 Å². The number of aromatic amines is 1. The van der Waals surface area contributed by atoms with Gasteiger partial charge in [-0.3, -0.25) is 4.79 Å². The predicted molar refractivity (Wildman–Crippen MR) is 113 cm³/mol. The first kappa shape index (κ1) is 20.8. The van der Waals surface area contributed by atoms with Crippen LogP contribution in [0.1, 0.15) is 29.5 Å².